The van der Waals surface area contributed by atoms with E-state index in [4.69, 9.17) is 0 Å². The van der Waals surface area contributed by atoms with Crippen LogP contribution in [0.25, 0.3) is 0 Å². The normalized spacial score (nSPS) is 14.2. The number of rotatable bonds is 4. The number of nitrogens with one attached hydrogen (secondary N) is 1. The lowest BCUT2D eigenvalue weighted by molar-refractivity contribution is 0.342. The van der Waals surface area contributed by atoms with Crippen LogP contribution in [0, 0.1) is 0 Å². The first-order valence-electron chi connectivity index (χ1n) is 4.77. The summed E-state index contributed by atoms with van der Waals surface area (Å²) in [7, 11) is -4.16. The predicted molar refractivity (Wildman–Crippen MR) is 59.5 cm³/mol. The van der Waals surface area contributed by atoms with Crippen LogP contribution < -0.4 is 5.32 Å². The molecule has 1 atom stereocenters. The Bertz CT molecular complexity index is 347. The van der Waals surface area contributed by atoms with Crippen molar-refractivity contribution in [3.63, 3.8) is 0 Å². The summed E-state index contributed by atoms with van der Waals surface area (Å²) in [5, 5.41) is 2.87. The fourth-order valence-corrected chi connectivity index (χ4v) is 2.39. The van der Waals surface area contributed by atoms with E-state index >= 15 is 0 Å². The molecule has 0 radical (unpaired) electrons. The van der Waals surface area contributed by atoms with Gasteiger partial charge < -0.3 is 9.79 Å². The highest BCUT2D eigenvalue weighted by molar-refractivity contribution is 7.52. The molecule has 1 aromatic carbocycles. The van der Waals surface area contributed by atoms with Crippen LogP contribution in [-0.2, 0) is 4.57 Å². The Morgan fingerprint density at radius 2 is 1.73 bits per heavy atom. The van der Waals surface area contributed by atoms with Crippen LogP contribution in [0.2, 0.25) is 0 Å². The van der Waals surface area contributed by atoms with Gasteiger partial charge in [0.25, 0.3) is 0 Å². The van der Waals surface area contributed by atoms with Crippen molar-refractivity contribution in [3.8, 4) is 0 Å². The second kappa shape index (κ2) is 4.90. The lowest BCUT2D eigenvalue weighted by Crippen LogP contribution is -2.28. The van der Waals surface area contributed by atoms with Gasteiger partial charge in [0.05, 0.1) is 0 Å². The molecule has 15 heavy (non-hydrogen) atoms. The highest BCUT2D eigenvalue weighted by Gasteiger charge is 2.30. The molecule has 0 amide bonds. The zero-order valence-corrected chi connectivity index (χ0v) is 9.69. The zero-order valence-electron chi connectivity index (χ0n) is 8.79. The maximum Gasteiger partial charge on any atom is 0.346 e. The number of hydrogen-bond donors (Lipinski definition) is 3. The summed E-state index contributed by atoms with van der Waals surface area (Å²) in [6.07, 6.45) is 0. The summed E-state index contributed by atoms with van der Waals surface area (Å²) in [6, 6.07) is 8.77. The highest BCUT2D eigenvalue weighted by atomic mass is 31.2. The molecule has 3 N–H and O–H groups in total. The predicted octanol–water partition coefficient (Wildman–Crippen LogP) is 1.86. The molecule has 0 spiro atoms. The van der Waals surface area contributed by atoms with Crippen LogP contribution in [0.3, 0.4) is 0 Å². The lowest BCUT2D eigenvalue weighted by Gasteiger charge is -2.22. The maximum absolute atomic E-state index is 11.3. The first kappa shape index (κ1) is 12.4. The summed E-state index contributed by atoms with van der Waals surface area (Å²) in [4.78, 5) is 18.5. The minimum absolute atomic E-state index is 0.0165. The van der Waals surface area contributed by atoms with Crippen LogP contribution >= 0.6 is 7.60 Å². The SMILES string of the molecule is CC(C)N[C@H](c1ccccc1)P(=O)(O)O. The largest absolute Gasteiger partial charge is 0.346 e. The molecule has 1 aromatic rings. The van der Waals surface area contributed by atoms with Gasteiger partial charge in [-0.25, -0.2) is 0 Å². The van der Waals surface area contributed by atoms with Crippen LogP contribution in [0.1, 0.15) is 25.2 Å². The Morgan fingerprint density at radius 1 is 1.20 bits per heavy atom. The van der Waals surface area contributed by atoms with E-state index in [-0.39, 0.29) is 6.04 Å². The van der Waals surface area contributed by atoms with Gasteiger partial charge in [0.1, 0.15) is 5.78 Å². The second-order valence-corrected chi connectivity index (χ2v) is 5.42. The number of benzene rings is 1. The van der Waals surface area contributed by atoms with Crippen molar-refractivity contribution in [2.24, 2.45) is 0 Å². The summed E-state index contributed by atoms with van der Waals surface area (Å²) in [6.45, 7) is 3.71. The van der Waals surface area contributed by atoms with E-state index in [2.05, 4.69) is 5.32 Å². The molecule has 84 valence electrons. The van der Waals surface area contributed by atoms with E-state index in [1.807, 2.05) is 19.9 Å². The quantitative estimate of drug-likeness (QED) is 0.689. The van der Waals surface area contributed by atoms with Crippen LogP contribution in [-0.4, -0.2) is 15.8 Å². The standard InChI is InChI=1S/C10H16NO3P/c1-8(2)11-10(15(12,13)14)9-6-4-3-5-7-9/h3-8,10-11H,1-2H3,(H2,12,13,14)/t10-/m0/s1. The van der Waals surface area contributed by atoms with Crippen molar-refractivity contribution in [3.05, 3.63) is 35.9 Å². The molecule has 0 saturated heterocycles. The smallest absolute Gasteiger partial charge is 0.323 e. The Labute approximate surface area is 89.5 Å². The van der Waals surface area contributed by atoms with Crippen molar-refractivity contribution >= 4 is 7.60 Å². The van der Waals surface area contributed by atoms with E-state index in [1.54, 1.807) is 24.3 Å². The first-order valence-corrected chi connectivity index (χ1v) is 6.45. The fraction of sp³-hybridized carbons (Fsp3) is 0.400. The maximum atomic E-state index is 11.3. The summed E-state index contributed by atoms with van der Waals surface area (Å²) in [5.74, 6) is -0.918. The molecule has 0 fully saturated rings. The molecule has 0 aliphatic heterocycles. The molecule has 0 heterocycles. The topological polar surface area (TPSA) is 69.6 Å². The average Bonchev–Trinajstić information content (AvgIpc) is 2.14. The van der Waals surface area contributed by atoms with Crippen LogP contribution in [0.15, 0.2) is 30.3 Å². The molecule has 0 aromatic heterocycles. The zero-order chi connectivity index (χ0) is 11.5. The molecule has 0 aliphatic carbocycles. The summed E-state index contributed by atoms with van der Waals surface area (Å²) in [5.41, 5.74) is 0.611. The van der Waals surface area contributed by atoms with Crippen LogP contribution in [0.5, 0.6) is 0 Å². The molecule has 5 heteroatoms. The molecule has 0 unspecified atom stereocenters. The van der Waals surface area contributed by atoms with Crippen LogP contribution in [0.4, 0.5) is 0 Å². The van der Waals surface area contributed by atoms with Crippen molar-refractivity contribution in [2.75, 3.05) is 0 Å². The van der Waals surface area contributed by atoms with Gasteiger partial charge in [0, 0.05) is 6.04 Å². The van der Waals surface area contributed by atoms with Gasteiger partial charge in [-0.2, -0.15) is 0 Å². The average molecular weight is 229 g/mol. The van der Waals surface area contributed by atoms with Crippen molar-refractivity contribution in [1.82, 2.24) is 5.32 Å². The molecular formula is C10H16NO3P. The summed E-state index contributed by atoms with van der Waals surface area (Å²) >= 11 is 0. The molecule has 0 saturated carbocycles. The third-order valence-corrected chi connectivity index (χ3v) is 3.06. The van der Waals surface area contributed by atoms with Gasteiger partial charge in [-0.05, 0) is 19.4 Å². The Balaban J connectivity index is 2.97. The molecule has 0 aliphatic rings. The van der Waals surface area contributed by atoms with Gasteiger partial charge >= 0.3 is 7.60 Å². The fourth-order valence-electron chi connectivity index (χ4n) is 1.34. The van der Waals surface area contributed by atoms with Gasteiger partial charge in [0.2, 0.25) is 0 Å². The number of hydrogen-bond acceptors (Lipinski definition) is 2. The van der Waals surface area contributed by atoms with E-state index < -0.39 is 13.4 Å². The molecular weight excluding hydrogens is 213 g/mol. The van der Waals surface area contributed by atoms with E-state index in [0.29, 0.717) is 5.56 Å². The van der Waals surface area contributed by atoms with Gasteiger partial charge in [-0.15, -0.1) is 0 Å². The highest BCUT2D eigenvalue weighted by Crippen LogP contribution is 2.49. The minimum Gasteiger partial charge on any atom is -0.323 e. The van der Waals surface area contributed by atoms with Crippen molar-refractivity contribution in [1.29, 1.82) is 0 Å². The van der Waals surface area contributed by atoms with E-state index in [9.17, 15) is 14.4 Å². The van der Waals surface area contributed by atoms with E-state index in [1.165, 1.54) is 0 Å². The molecule has 0 bridgehead atoms. The Hall–Kier alpha value is -0.670. The molecule has 1 rings (SSSR count). The minimum atomic E-state index is -4.16. The lowest BCUT2D eigenvalue weighted by atomic mass is 10.2. The Kier molecular flexibility index (Phi) is 4.05. The van der Waals surface area contributed by atoms with Gasteiger partial charge in [0.15, 0.2) is 0 Å². The monoisotopic (exact) mass is 229 g/mol. The first-order chi connectivity index (χ1) is 6.91. The Morgan fingerprint density at radius 3 is 2.13 bits per heavy atom. The van der Waals surface area contributed by atoms with E-state index in [0.717, 1.165) is 0 Å². The van der Waals surface area contributed by atoms with Crippen molar-refractivity contribution < 1.29 is 14.4 Å². The third kappa shape index (κ3) is 3.76. The third-order valence-electron chi connectivity index (χ3n) is 1.94. The summed E-state index contributed by atoms with van der Waals surface area (Å²) < 4.78 is 11.3. The van der Waals surface area contributed by atoms with Gasteiger partial charge in [-0.1, -0.05) is 30.3 Å². The van der Waals surface area contributed by atoms with Gasteiger partial charge in [-0.3, -0.25) is 9.88 Å². The van der Waals surface area contributed by atoms with Crippen molar-refractivity contribution in [2.45, 2.75) is 25.7 Å². The molecule has 4 nitrogen and oxygen atoms in total. The second-order valence-electron chi connectivity index (χ2n) is 3.72.